The molecule has 2 rings (SSSR count). The molecule has 1 unspecified atom stereocenters. The van der Waals surface area contributed by atoms with Gasteiger partial charge in [0.15, 0.2) is 0 Å². The Bertz CT molecular complexity index is 437. The third-order valence-electron chi connectivity index (χ3n) is 2.50. The molecule has 0 aromatic heterocycles. The highest BCUT2D eigenvalue weighted by molar-refractivity contribution is 6.42. The summed E-state index contributed by atoms with van der Waals surface area (Å²) < 4.78 is 10.3. The van der Waals surface area contributed by atoms with E-state index in [2.05, 4.69) is 0 Å². The summed E-state index contributed by atoms with van der Waals surface area (Å²) in [5, 5.41) is 0.900. The Kier molecular flexibility index (Phi) is 3.92. The predicted molar refractivity (Wildman–Crippen MR) is 65.0 cm³/mol. The molecule has 0 spiro atoms. The van der Waals surface area contributed by atoms with E-state index in [0.717, 1.165) is 11.8 Å². The molecule has 0 saturated carbocycles. The molecule has 0 amide bonds. The molecule has 0 fully saturated rings. The Hall–Kier alpha value is -1.19. The van der Waals surface area contributed by atoms with Crippen LogP contribution in [0.4, 0.5) is 0 Å². The van der Waals surface area contributed by atoms with Crippen LogP contribution in [0.1, 0.15) is 17.9 Å². The lowest BCUT2D eigenvalue weighted by Crippen LogP contribution is -2.14. The van der Waals surface area contributed by atoms with Crippen LogP contribution in [0.2, 0.25) is 10.0 Å². The zero-order valence-electron chi connectivity index (χ0n) is 8.81. The number of halogens is 2. The second kappa shape index (κ2) is 5.43. The van der Waals surface area contributed by atoms with Gasteiger partial charge in [-0.2, -0.15) is 0 Å². The van der Waals surface area contributed by atoms with Crippen molar-refractivity contribution in [3.63, 3.8) is 0 Å². The molecule has 3 nitrogen and oxygen atoms in total. The van der Waals surface area contributed by atoms with Gasteiger partial charge in [0.1, 0.15) is 18.8 Å². The summed E-state index contributed by atoms with van der Waals surface area (Å²) in [7, 11) is 0. The first-order valence-electron chi connectivity index (χ1n) is 5.07. The van der Waals surface area contributed by atoms with Crippen LogP contribution >= 0.6 is 23.2 Å². The molecule has 0 radical (unpaired) electrons. The number of carbonyl (C=O) groups excluding carboxylic acids is 1. The smallest absolute Gasteiger partial charge is 0.240 e. The average Bonchev–Trinajstić information content (AvgIpc) is 2.82. The third-order valence-corrected chi connectivity index (χ3v) is 3.24. The molecule has 90 valence electrons. The molecule has 1 aliphatic rings. The Labute approximate surface area is 109 Å². The van der Waals surface area contributed by atoms with Crippen LogP contribution in [0, 0.1) is 0 Å². The van der Waals surface area contributed by atoms with E-state index in [9.17, 15) is 4.79 Å². The minimum atomic E-state index is -0.417. The monoisotopic (exact) mass is 272 g/mol. The summed E-state index contributed by atoms with van der Waals surface area (Å²) in [4.78, 5) is 11.1. The van der Waals surface area contributed by atoms with E-state index in [1.165, 1.54) is 12.5 Å². The van der Waals surface area contributed by atoms with Crippen LogP contribution in [-0.2, 0) is 14.3 Å². The molecule has 1 atom stereocenters. The molecule has 1 aromatic carbocycles. The number of aldehydes is 1. The number of benzene rings is 1. The summed E-state index contributed by atoms with van der Waals surface area (Å²) in [6.07, 6.45) is 3.79. The minimum absolute atomic E-state index is 0.324. The zero-order valence-corrected chi connectivity index (χ0v) is 10.3. The molecule has 0 aliphatic carbocycles. The fourth-order valence-electron chi connectivity index (χ4n) is 1.60. The molecule has 1 aromatic rings. The second-order valence-electron chi connectivity index (χ2n) is 3.63. The lowest BCUT2D eigenvalue weighted by Gasteiger charge is -2.15. The van der Waals surface area contributed by atoms with Crippen LogP contribution < -0.4 is 0 Å². The van der Waals surface area contributed by atoms with E-state index in [1.807, 2.05) is 0 Å². The quantitative estimate of drug-likeness (QED) is 0.787. The van der Waals surface area contributed by atoms with Crippen LogP contribution in [0.3, 0.4) is 0 Å². The summed E-state index contributed by atoms with van der Waals surface area (Å²) >= 11 is 11.7. The second-order valence-corrected chi connectivity index (χ2v) is 4.44. The van der Waals surface area contributed by atoms with Gasteiger partial charge in [-0.3, -0.25) is 0 Å². The number of ether oxygens (including phenoxy) is 2. The molecule has 17 heavy (non-hydrogen) atoms. The number of carbonyl (C=O) groups is 1. The van der Waals surface area contributed by atoms with Gasteiger partial charge in [-0.1, -0.05) is 29.3 Å². The van der Waals surface area contributed by atoms with Gasteiger partial charge in [-0.15, -0.1) is 0 Å². The van der Waals surface area contributed by atoms with Crippen molar-refractivity contribution < 1.29 is 14.3 Å². The first-order chi connectivity index (χ1) is 8.20. The van der Waals surface area contributed by atoms with Crippen molar-refractivity contribution in [3.8, 4) is 0 Å². The maximum Gasteiger partial charge on any atom is 0.240 e. The predicted octanol–water partition coefficient (Wildman–Crippen LogP) is 3.51. The van der Waals surface area contributed by atoms with Gasteiger partial charge in [-0.05, 0) is 17.7 Å². The molecular weight excluding hydrogens is 263 g/mol. The summed E-state index contributed by atoms with van der Waals surface area (Å²) in [6, 6.07) is 5.13. The maximum atomic E-state index is 11.1. The fraction of sp³-hybridized carbons (Fsp3) is 0.250. The van der Waals surface area contributed by atoms with Crippen LogP contribution in [0.5, 0.6) is 0 Å². The highest BCUT2D eigenvalue weighted by Crippen LogP contribution is 2.29. The van der Waals surface area contributed by atoms with Crippen molar-refractivity contribution in [1.29, 1.82) is 0 Å². The van der Waals surface area contributed by atoms with Crippen molar-refractivity contribution in [2.75, 3.05) is 0 Å². The molecular formula is C12H10Cl2O3. The van der Waals surface area contributed by atoms with Crippen molar-refractivity contribution >= 4 is 29.5 Å². The number of hydrogen-bond acceptors (Lipinski definition) is 3. The largest absolute Gasteiger partial charge is 0.459 e. The van der Waals surface area contributed by atoms with Crippen molar-refractivity contribution in [2.45, 2.75) is 18.6 Å². The van der Waals surface area contributed by atoms with E-state index in [4.69, 9.17) is 32.7 Å². The highest BCUT2D eigenvalue weighted by Gasteiger charge is 2.21. The van der Waals surface area contributed by atoms with Crippen LogP contribution in [0.25, 0.3) is 0 Å². The SMILES string of the molecule is O=CC(CC1OC=CO1)c1ccc(Cl)c(Cl)c1. The summed E-state index contributed by atoms with van der Waals surface area (Å²) in [6.45, 7) is 0. The van der Waals surface area contributed by atoms with Crippen molar-refractivity contribution in [3.05, 3.63) is 46.3 Å². The van der Waals surface area contributed by atoms with Gasteiger partial charge in [0.25, 0.3) is 0 Å². The van der Waals surface area contributed by atoms with Crippen LogP contribution in [-0.4, -0.2) is 12.6 Å². The first-order valence-corrected chi connectivity index (χ1v) is 5.82. The van der Waals surface area contributed by atoms with Gasteiger partial charge in [0.05, 0.1) is 10.0 Å². The Morgan fingerprint density at radius 1 is 1.24 bits per heavy atom. The maximum absolute atomic E-state index is 11.1. The van der Waals surface area contributed by atoms with E-state index in [-0.39, 0.29) is 5.92 Å². The number of hydrogen-bond donors (Lipinski definition) is 0. The molecule has 5 heteroatoms. The normalized spacial score (nSPS) is 16.4. The Balaban J connectivity index is 2.11. The fourth-order valence-corrected chi connectivity index (χ4v) is 1.91. The standard InChI is InChI=1S/C12H10Cl2O3/c13-10-2-1-8(5-11(10)14)9(7-15)6-12-16-3-4-17-12/h1-5,7,9,12H,6H2. The van der Waals surface area contributed by atoms with Gasteiger partial charge in [-0.25, -0.2) is 0 Å². The molecule has 1 aliphatic heterocycles. The van der Waals surface area contributed by atoms with Gasteiger partial charge in [0, 0.05) is 12.3 Å². The van der Waals surface area contributed by atoms with E-state index in [0.29, 0.717) is 16.5 Å². The zero-order chi connectivity index (χ0) is 12.3. The topological polar surface area (TPSA) is 35.5 Å². The molecule has 0 saturated heterocycles. The van der Waals surface area contributed by atoms with Gasteiger partial charge >= 0.3 is 0 Å². The summed E-state index contributed by atoms with van der Waals surface area (Å²) in [5.74, 6) is -0.324. The number of rotatable bonds is 4. The van der Waals surface area contributed by atoms with E-state index < -0.39 is 6.29 Å². The Morgan fingerprint density at radius 3 is 2.53 bits per heavy atom. The van der Waals surface area contributed by atoms with E-state index in [1.54, 1.807) is 18.2 Å². The lowest BCUT2D eigenvalue weighted by atomic mass is 9.97. The van der Waals surface area contributed by atoms with Crippen molar-refractivity contribution in [1.82, 2.24) is 0 Å². The molecule has 0 N–H and O–H groups in total. The van der Waals surface area contributed by atoms with E-state index >= 15 is 0 Å². The third kappa shape index (κ3) is 2.93. The lowest BCUT2D eigenvalue weighted by molar-refractivity contribution is -0.111. The highest BCUT2D eigenvalue weighted by atomic mass is 35.5. The minimum Gasteiger partial charge on any atom is -0.459 e. The molecule has 1 heterocycles. The van der Waals surface area contributed by atoms with Gasteiger partial charge < -0.3 is 14.3 Å². The van der Waals surface area contributed by atoms with Crippen molar-refractivity contribution in [2.24, 2.45) is 0 Å². The summed E-state index contributed by atoms with van der Waals surface area (Å²) in [5.41, 5.74) is 0.800. The van der Waals surface area contributed by atoms with Gasteiger partial charge in [0.2, 0.25) is 6.29 Å². The average molecular weight is 273 g/mol. The van der Waals surface area contributed by atoms with Crippen LogP contribution in [0.15, 0.2) is 30.7 Å². The molecule has 0 bridgehead atoms. The Morgan fingerprint density at radius 2 is 1.94 bits per heavy atom. The first kappa shape index (κ1) is 12.3.